The Hall–Kier alpha value is -0.300. The molecule has 0 spiro atoms. The Kier molecular flexibility index (Phi) is 5.50. The molecule has 1 saturated carbocycles. The quantitative estimate of drug-likeness (QED) is 0.612. The molecule has 106 valence electrons. The fourth-order valence-electron chi connectivity index (χ4n) is 3.44. The van der Waals surface area contributed by atoms with Crippen LogP contribution in [0.3, 0.4) is 0 Å². The second-order valence-corrected chi connectivity index (χ2v) is 7.54. The molecule has 3 unspecified atom stereocenters. The van der Waals surface area contributed by atoms with Gasteiger partial charge in [0.2, 0.25) is 0 Å². The van der Waals surface area contributed by atoms with Crippen LogP contribution in [0, 0.1) is 25.7 Å². The van der Waals surface area contributed by atoms with E-state index in [1.807, 2.05) is 0 Å². The summed E-state index contributed by atoms with van der Waals surface area (Å²) in [6, 6.07) is 6.99. The Balaban J connectivity index is 2.01. The van der Waals surface area contributed by atoms with Gasteiger partial charge < -0.3 is 0 Å². The fraction of sp³-hybridized carbons (Fsp3) is 0.667. The van der Waals surface area contributed by atoms with Gasteiger partial charge >= 0.3 is 0 Å². The van der Waals surface area contributed by atoms with Crippen molar-refractivity contribution in [1.82, 2.24) is 0 Å². The molecule has 0 bridgehead atoms. The summed E-state index contributed by atoms with van der Waals surface area (Å²) >= 11 is 3.92. The monoisotopic (exact) mass is 322 g/mol. The van der Waals surface area contributed by atoms with Crippen molar-refractivity contribution in [2.75, 3.05) is 0 Å². The molecular weight excluding hydrogens is 296 g/mol. The maximum Gasteiger partial charge on any atom is 0.0177 e. The largest absolute Gasteiger partial charge is 0.0888 e. The molecule has 0 nitrogen and oxygen atoms in total. The van der Waals surface area contributed by atoms with E-state index in [9.17, 15) is 0 Å². The molecule has 1 aliphatic carbocycles. The summed E-state index contributed by atoms with van der Waals surface area (Å²) in [6.07, 6.45) is 8.21. The summed E-state index contributed by atoms with van der Waals surface area (Å²) in [4.78, 5) is 0.724. The molecule has 2 rings (SSSR count). The molecule has 0 amide bonds. The van der Waals surface area contributed by atoms with Crippen LogP contribution in [-0.4, -0.2) is 4.83 Å². The minimum absolute atomic E-state index is 0.724. The first-order valence-corrected chi connectivity index (χ1v) is 8.72. The maximum atomic E-state index is 3.92. The van der Waals surface area contributed by atoms with Gasteiger partial charge in [-0.1, -0.05) is 53.9 Å². The number of halogens is 1. The molecule has 1 aliphatic rings. The van der Waals surface area contributed by atoms with Crippen LogP contribution in [0.4, 0.5) is 0 Å². The van der Waals surface area contributed by atoms with E-state index in [2.05, 4.69) is 54.9 Å². The third-order valence-corrected chi connectivity index (χ3v) is 5.97. The SMILES string of the molecule is CCCC1CCC(Br)C(Cc2ccc(C)c(C)c2)C1. The zero-order chi connectivity index (χ0) is 13.8. The average Bonchev–Trinajstić information content (AvgIpc) is 2.38. The normalized spacial score (nSPS) is 27.5. The lowest BCUT2D eigenvalue weighted by Crippen LogP contribution is -2.26. The second-order valence-electron chi connectivity index (χ2n) is 6.37. The first-order chi connectivity index (χ1) is 9.10. The predicted octanol–water partition coefficient (Wildman–Crippen LogP) is 5.83. The Bertz CT molecular complexity index is 410. The molecule has 19 heavy (non-hydrogen) atoms. The van der Waals surface area contributed by atoms with Gasteiger partial charge in [0, 0.05) is 4.83 Å². The highest BCUT2D eigenvalue weighted by atomic mass is 79.9. The van der Waals surface area contributed by atoms with Crippen LogP contribution in [0.15, 0.2) is 18.2 Å². The number of benzene rings is 1. The van der Waals surface area contributed by atoms with Gasteiger partial charge in [-0.15, -0.1) is 0 Å². The minimum atomic E-state index is 0.724. The average molecular weight is 323 g/mol. The highest BCUT2D eigenvalue weighted by Gasteiger charge is 2.28. The number of hydrogen-bond donors (Lipinski definition) is 0. The summed E-state index contributed by atoms with van der Waals surface area (Å²) < 4.78 is 0. The van der Waals surface area contributed by atoms with E-state index < -0.39 is 0 Å². The highest BCUT2D eigenvalue weighted by molar-refractivity contribution is 9.09. The van der Waals surface area contributed by atoms with E-state index in [0.29, 0.717) is 0 Å². The van der Waals surface area contributed by atoms with Crippen LogP contribution in [0.1, 0.15) is 55.7 Å². The smallest absolute Gasteiger partial charge is 0.0177 e. The number of hydrogen-bond acceptors (Lipinski definition) is 0. The molecule has 0 aliphatic heterocycles. The first kappa shape index (κ1) is 15.1. The zero-order valence-electron chi connectivity index (χ0n) is 12.6. The van der Waals surface area contributed by atoms with E-state index in [-0.39, 0.29) is 0 Å². The van der Waals surface area contributed by atoms with Crippen LogP contribution < -0.4 is 0 Å². The van der Waals surface area contributed by atoms with Gasteiger partial charge in [-0.25, -0.2) is 0 Å². The van der Waals surface area contributed by atoms with Crippen molar-refractivity contribution in [3.63, 3.8) is 0 Å². The Morgan fingerprint density at radius 3 is 2.63 bits per heavy atom. The standard InChI is InChI=1S/C18H27Br/c1-4-5-15-8-9-18(19)17(11-15)12-16-7-6-13(2)14(3)10-16/h6-7,10,15,17-18H,4-5,8-9,11-12H2,1-3H3. The summed E-state index contributed by atoms with van der Waals surface area (Å²) in [5, 5.41) is 0. The molecule has 0 N–H and O–H groups in total. The van der Waals surface area contributed by atoms with Crippen molar-refractivity contribution >= 4 is 15.9 Å². The molecule has 0 heterocycles. The van der Waals surface area contributed by atoms with Gasteiger partial charge in [-0.05, 0) is 68.1 Å². The maximum absolute atomic E-state index is 3.92. The summed E-state index contributed by atoms with van der Waals surface area (Å²) in [5.41, 5.74) is 4.37. The molecule has 0 saturated heterocycles. The Morgan fingerprint density at radius 1 is 1.16 bits per heavy atom. The summed E-state index contributed by atoms with van der Waals surface area (Å²) in [5.74, 6) is 1.79. The van der Waals surface area contributed by atoms with Crippen molar-refractivity contribution in [3.05, 3.63) is 34.9 Å². The van der Waals surface area contributed by atoms with Crippen molar-refractivity contribution in [1.29, 1.82) is 0 Å². The van der Waals surface area contributed by atoms with Crippen molar-refractivity contribution in [3.8, 4) is 0 Å². The van der Waals surface area contributed by atoms with E-state index in [1.165, 1.54) is 55.2 Å². The number of alkyl halides is 1. The topological polar surface area (TPSA) is 0 Å². The summed E-state index contributed by atoms with van der Waals surface area (Å²) in [7, 11) is 0. The third kappa shape index (κ3) is 4.08. The molecule has 0 radical (unpaired) electrons. The Labute approximate surface area is 127 Å². The molecule has 1 heteroatoms. The summed E-state index contributed by atoms with van der Waals surface area (Å²) in [6.45, 7) is 6.74. The van der Waals surface area contributed by atoms with Gasteiger partial charge in [-0.2, -0.15) is 0 Å². The number of rotatable bonds is 4. The van der Waals surface area contributed by atoms with Gasteiger partial charge in [0.1, 0.15) is 0 Å². The lowest BCUT2D eigenvalue weighted by Gasteiger charge is -2.33. The van der Waals surface area contributed by atoms with Gasteiger partial charge in [0.25, 0.3) is 0 Å². The van der Waals surface area contributed by atoms with Gasteiger partial charge in [0.15, 0.2) is 0 Å². The van der Waals surface area contributed by atoms with E-state index >= 15 is 0 Å². The van der Waals surface area contributed by atoms with Crippen molar-refractivity contribution in [2.24, 2.45) is 11.8 Å². The van der Waals surface area contributed by atoms with E-state index in [1.54, 1.807) is 0 Å². The van der Waals surface area contributed by atoms with Gasteiger partial charge in [0.05, 0.1) is 0 Å². The molecule has 1 aromatic carbocycles. The molecule has 1 aromatic rings. The molecule has 0 aromatic heterocycles. The minimum Gasteiger partial charge on any atom is -0.0888 e. The lowest BCUT2D eigenvalue weighted by atomic mass is 9.77. The highest BCUT2D eigenvalue weighted by Crippen LogP contribution is 2.37. The molecule has 3 atom stereocenters. The third-order valence-electron chi connectivity index (χ3n) is 4.76. The van der Waals surface area contributed by atoms with Crippen LogP contribution in [0.25, 0.3) is 0 Å². The lowest BCUT2D eigenvalue weighted by molar-refractivity contribution is 0.263. The van der Waals surface area contributed by atoms with Crippen LogP contribution in [0.2, 0.25) is 0 Å². The molecular formula is C18H27Br. The number of aryl methyl sites for hydroxylation is 2. The second kappa shape index (κ2) is 6.92. The van der Waals surface area contributed by atoms with Crippen LogP contribution in [-0.2, 0) is 6.42 Å². The van der Waals surface area contributed by atoms with E-state index in [4.69, 9.17) is 0 Å². The Morgan fingerprint density at radius 2 is 1.95 bits per heavy atom. The van der Waals surface area contributed by atoms with Crippen molar-refractivity contribution < 1.29 is 0 Å². The first-order valence-electron chi connectivity index (χ1n) is 7.80. The van der Waals surface area contributed by atoms with E-state index in [0.717, 1.165) is 16.7 Å². The molecule has 1 fully saturated rings. The van der Waals surface area contributed by atoms with Crippen molar-refractivity contribution in [2.45, 2.75) is 64.1 Å². The van der Waals surface area contributed by atoms with Crippen LogP contribution in [0.5, 0.6) is 0 Å². The predicted molar refractivity (Wildman–Crippen MR) is 88.1 cm³/mol. The fourth-order valence-corrected chi connectivity index (χ4v) is 4.11. The van der Waals surface area contributed by atoms with Gasteiger partial charge in [-0.3, -0.25) is 0 Å². The van der Waals surface area contributed by atoms with Crippen LogP contribution >= 0.6 is 15.9 Å². The zero-order valence-corrected chi connectivity index (χ0v) is 14.2.